The average molecular weight is 200 g/mol. The lowest BCUT2D eigenvalue weighted by atomic mass is 10.4. The normalized spacial score (nSPS) is 9.69. The zero-order chi connectivity index (χ0) is 10.0. The van der Waals surface area contributed by atoms with E-state index in [0.717, 1.165) is 11.3 Å². The SMILES string of the molecule is COC(=O)c1[c]c([N+](=O)[O-])c(C)s1. The van der Waals surface area contributed by atoms with Crippen LogP contribution in [0.5, 0.6) is 0 Å². The van der Waals surface area contributed by atoms with Gasteiger partial charge in [0, 0.05) is 0 Å². The zero-order valence-corrected chi connectivity index (χ0v) is 7.80. The van der Waals surface area contributed by atoms with Gasteiger partial charge in [-0.05, 0) is 6.92 Å². The highest BCUT2D eigenvalue weighted by Crippen LogP contribution is 2.27. The number of nitro groups is 1. The van der Waals surface area contributed by atoms with Gasteiger partial charge in [0.1, 0.15) is 4.88 Å². The van der Waals surface area contributed by atoms with Gasteiger partial charge in [0.15, 0.2) is 0 Å². The van der Waals surface area contributed by atoms with E-state index in [2.05, 4.69) is 10.8 Å². The molecule has 1 radical (unpaired) electrons. The molecule has 69 valence electrons. The molecule has 0 saturated heterocycles. The molecule has 0 fully saturated rings. The Morgan fingerprint density at radius 2 is 2.31 bits per heavy atom. The molecular formula is C7H6NO4S. The Bertz CT molecular complexity index is 357. The number of rotatable bonds is 2. The van der Waals surface area contributed by atoms with Gasteiger partial charge in [-0.2, -0.15) is 0 Å². The molecule has 0 amide bonds. The van der Waals surface area contributed by atoms with Crippen LogP contribution in [-0.4, -0.2) is 18.0 Å². The number of ether oxygens (including phenoxy) is 1. The maximum atomic E-state index is 10.9. The van der Waals surface area contributed by atoms with Crippen molar-refractivity contribution in [1.82, 2.24) is 0 Å². The Morgan fingerprint density at radius 1 is 1.69 bits per heavy atom. The summed E-state index contributed by atoms with van der Waals surface area (Å²) in [4.78, 5) is 21.3. The highest BCUT2D eigenvalue weighted by Gasteiger charge is 2.20. The van der Waals surface area contributed by atoms with Crippen LogP contribution in [0.25, 0.3) is 0 Å². The van der Waals surface area contributed by atoms with E-state index < -0.39 is 10.9 Å². The third-order valence-electron chi connectivity index (χ3n) is 1.37. The van der Waals surface area contributed by atoms with Crippen LogP contribution in [0.2, 0.25) is 0 Å². The van der Waals surface area contributed by atoms with Gasteiger partial charge < -0.3 is 4.74 Å². The topological polar surface area (TPSA) is 69.4 Å². The van der Waals surface area contributed by atoms with Crippen molar-refractivity contribution in [3.05, 3.63) is 25.9 Å². The van der Waals surface area contributed by atoms with Crippen molar-refractivity contribution in [2.75, 3.05) is 7.11 Å². The number of esters is 1. The molecule has 0 spiro atoms. The first-order valence-corrected chi connectivity index (χ1v) is 4.13. The van der Waals surface area contributed by atoms with Crippen molar-refractivity contribution >= 4 is 23.0 Å². The van der Waals surface area contributed by atoms with Crippen LogP contribution < -0.4 is 0 Å². The van der Waals surface area contributed by atoms with Crippen molar-refractivity contribution in [2.24, 2.45) is 0 Å². The van der Waals surface area contributed by atoms with Crippen molar-refractivity contribution in [3.63, 3.8) is 0 Å². The van der Waals surface area contributed by atoms with E-state index in [0.29, 0.717) is 4.88 Å². The number of thiophene rings is 1. The number of aryl methyl sites for hydroxylation is 1. The minimum Gasteiger partial charge on any atom is -0.465 e. The Kier molecular flexibility index (Phi) is 2.62. The van der Waals surface area contributed by atoms with Gasteiger partial charge in [-0.3, -0.25) is 10.1 Å². The Balaban J connectivity index is 3.09. The highest BCUT2D eigenvalue weighted by molar-refractivity contribution is 7.14. The molecule has 13 heavy (non-hydrogen) atoms. The van der Waals surface area contributed by atoms with Gasteiger partial charge in [0.25, 0.3) is 5.69 Å². The second-order valence-electron chi connectivity index (χ2n) is 2.21. The van der Waals surface area contributed by atoms with Gasteiger partial charge in [0.05, 0.1) is 23.0 Å². The molecule has 5 nitrogen and oxygen atoms in total. The van der Waals surface area contributed by atoms with Crippen LogP contribution >= 0.6 is 11.3 Å². The second kappa shape index (κ2) is 3.53. The molecule has 0 unspecified atom stereocenters. The number of carbonyl (C=O) groups excluding carboxylic acids is 1. The van der Waals surface area contributed by atoms with Crippen molar-refractivity contribution in [3.8, 4) is 0 Å². The fourth-order valence-corrected chi connectivity index (χ4v) is 1.62. The summed E-state index contributed by atoms with van der Waals surface area (Å²) < 4.78 is 4.40. The van der Waals surface area contributed by atoms with Crippen LogP contribution in [0, 0.1) is 23.1 Å². The van der Waals surface area contributed by atoms with Crippen molar-refractivity contribution in [1.29, 1.82) is 0 Å². The minimum absolute atomic E-state index is 0.131. The van der Waals surface area contributed by atoms with Crippen LogP contribution in [0.15, 0.2) is 0 Å². The Labute approximate surface area is 78.1 Å². The van der Waals surface area contributed by atoms with Crippen LogP contribution in [0.4, 0.5) is 5.69 Å². The standard InChI is InChI=1S/C7H6NO4S/c1-4-5(8(10)11)3-6(13-4)7(9)12-2/h1-2H3. The lowest BCUT2D eigenvalue weighted by Gasteiger charge is -1.89. The van der Waals surface area contributed by atoms with E-state index in [9.17, 15) is 14.9 Å². The van der Waals surface area contributed by atoms with Gasteiger partial charge in [-0.15, -0.1) is 11.3 Å². The third kappa shape index (κ3) is 1.83. The highest BCUT2D eigenvalue weighted by atomic mass is 32.1. The molecule has 1 heterocycles. The summed E-state index contributed by atoms with van der Waals surface area (Å²) in [5, 5.41) is 10.4. The molecule has 0 aliphatic rings. The molecule has 1 aromatic heterocycles. The number of carbonyl (C=O) groups is 1. The van der Waals surface area contributed by atoms with Gasteiger partial charge in [-0.25, -0.2) is 4.79 Å². The summed E-state index contributed by atoms with van der Waals surface area (Å²) >= 11 is 1.00. The summed E-state index contributed by atoms with van der Waals surface area (Å²) in [6.45, 7) is 1.56. The summed E-state index contributed by atoms with van der Waals surface area (Å²) in [7, 11) is 1.22. The van der Waals surface area contributed by atoms with Crippen LogP contribution in [0.3, 0.4) is 0 Å². The van der Waals surface area contributed by atoms with Crippen molar-refractivity contribution in [2.45, 2.75) is 6.92 Å². The molecule has 0 N–H and O–H groups in total. The molecule has 0 atom stereocenters. The summed E-state index contributed by atoms with van der Waals surface area (Å²) in [5.41, 5.74) is -0.162. The summed E-state index contributed by atoms with van der Waals surface area (Å²) in [6.07, 6.45) is 0. The fourth-order valence-electron chi connectivity index (χ4n) is 0.782. The third-order valence-corrected chi connectivity index (χ3v) is 2.35. The Morgan fingerprint density at radius 3 is 2.69 bits per heavy atom. The van der Waals surface area contributed by atoms with Gasteiger partial charge >= 0.3 is 5.97 Å². The average Bonchev–Trinajstić information content (AvgIpc) is 2.46. The summed E-state index contributed by atoms with van der Waals surface area (Å²) in [5.74, 6) is -0.596. The zero-order valence-electron chi connectivity index (χ0n) is 6.99. The molecule has 0 aliphatic heterocycles. The predicted octanol–water partition coefficient (Wildman–Crippen LogP) is 1.55. The molecule has 0 bridgehead atoms. The van der Waals surface area contributed by atoms with Crippen molar-refractivity contribution < 1.29 is 14.5 Å². The molecule has 6 heteroatoms. The van der Waals surface area contributed by atoms with Gasteiger partial charge in [0.2, 0.25) is 0 Å². The second-order valence-corrected chi connectivity index (χ2v) is 3.43. The smallest absolute Gasteiger partial charge is 0.348 e. The molecule has 0 aromatic carbocycles. The van der Waals surface area contributed by atoms with E-state index in [-0.39, 0.29) is 10.6 Å². The number of hydrogen-bond donors (Lipinski definition) is 0. The molecule has 0 saturated carbocycles. The molecule has 1 aromatic rings. The lowest BCUT2D eigenvalue weighted by Crippen LogP contribution is -1.97. The summed E-state index contributed by atoms with van der Waals surface area (Å²) in [6, 6.07) is 2.38. The lowest BCUT2D eigenvalue weighted by molar-refractivity contribution is -0.385. The van der Waals surface area contributed by atoms with E-state index in [1.807, 2.05) is 0 Å². The van der Waals surface area contributed by atoms with E-state index >= 15 is 0 Å². The number of methoxy groups -OCH3 is 1. The first-order valence-electron chi connectivity index (χ1n) is 3.31. The maximum Gasteiger partial charge on any atom is 0.348 e. The largest absolute Gasteiger partial charge is 0.465 e. The van der Waals surface area contributed by atoms with E-state index in [4.69, 9.17) is 0 Å². The minimum atomic E-state index is -0.596. The van der Waals surface area contributed by atoms with Crippen LogP contribution in [0.1, 0.15) is 14.5 Å². The maximum absolute atomic E-state index is 10.9. The fraction of sp³-hybridized carbons (Fsp3) is 0.286. The van der Waals surface area contributed by atoms with Crippen LogP contribution in [-0.2, 0) is 4.74 Å². The van der Waals surface area contributed by atoms with Gasteiger partial charge in [-0.1, -0.05) is 0 Å². The molecular weight excluding hydrogens is 194 g/mol. The van der Waals surface area contributed by atoms with E-state index in [1.54, 1.807) is 6.92 Å². The number of hydrogen-bond acceptors (Lipinski definition) is 5. The Hall–Kier alpha value is -1.43. The molecule has 1 rings (SSSR count). The number of nitrogens with zero attached hydrogens (tertiary/aromatic N) is 1. The first kappa shape index (κ1) is 9.66. The van der Waals surface area contributed by atoms with E-state index in [1.165, 1.54) is 7.11 Å². The quantitative estimate of drug-likeness (QED) is 0.412. The monoisotopic (exact) mass is 200 g/mol. The predicted molar refractivity (Wildman–Crippen MR) is 45.9 cm³/mol. The first-order chi connectivity index (χ1) is 6.06. The molecule has 0 aliphatic carbocycles.